The molecule has 1 aromatic carbocycles. The van der Waals surface area contributed by atoms with E-state index in [9.17, 15) is 8.42 Å². The third kappa shape index (κ3) is 3.79. The Kier molecular flexibility index (Phi) is 4.36. The Labute approximate surface area is 118 Å². The smallest absolute Gasteiger partial charge is 0.219 e. The second kappa shape index (κ2) is 6.02. The van der Waals surface area contributed by atoms with Gasteiger partial charge in [-0.05, 0) is 36.7 Å². The van der Waals surface area contributed by atoms with Gasteiger partial charge < -0.3 is 10.5 Å². The summed E-state index contributed by atoms with van der Waals surface area (Å²) in [5.41, 5.74) is 6.62. The quantitative estimate of drug-likeness (QED) is 0.908. The van der Waals surface area contributed by atoms with Crippen LogP contribution >= 0.6 is 0 Å². The molecule has 0 radical (unpaired) electrons. The van der Waals surface area contributed by atoms with Gasteiger partial charge in [-0.25, -0.2) is 13.4 Å². The molecule has 106 valence electrons. The maximum Gasteiger partial charge on any atom is 0.219 e. The molecule has 0 saturated heterocycles. The average Bonchev–Trinajstić information content (AvgIpc) is 2.41. The molecule has 0 amide bonds. The summed E-state index contributed by atoms with van der Waals surface area (Å²) in [7, 11) is -3.23. The molecule has 0 bridgehead atoms. The zero-order valence-electron chi connectivity index (χ0n) is 11.1. The van der Waals surface area contributed by atoms with Crippen molar-refractivity contribution in [1.82, 2.24) is 4.98 Å². The van der Waals surface area contributed by atoms with Gasteiger partial charge in [0.1, 0.15) is 5.75 Å². The minimum atomic E-state index is -3.23. The molecule has 0 unspecified atom stereocenters. The third-order valence-electron chi connectivity index (χ3n) is 2.72. The molecule has 5 nitrogen and oxygen atoms in total. The molecule has 2 N–H and O–H groups in total. The van der Waals surface area contributed by atoms with E-state index in [0.29, 0.717) is 18.2 Å². The van der Waals surface area contributed by atoms with Gasteiger partial charge in [0.2, 0.25) is 5.88 Å². The Bertz CT molecular complexity index is 665. The highest BCUT2D eigenvalue weighted by Gasteiger charge is 2.07. The third-order valence-corrected chi connectivity index (χ3v) is 3.81. The van der Waals surface area contributed by atoms with Crippen molar-refractivity contribution in [2.75, 3.05) is 12.8 Å². The van der Waals surface area contributed by atoms with Gasteiger partial charge in [0, 0.05) is 18.5 Å². The number of hydrogen-bond acceptors (Lipinski definition) is 5. The summed E-state index contributed by atoms with van der Waals surface area (Å²) in [5.74, 6) is 0.995. The van der Waals surface area contributed by atoms with Gasteiger partial charge in [0.25, 0.3) is 0 Å². The van der Waals surface area contributed by atoms with Crippen LogP contribution in [0.25, 0.3) is 0 Å². The number of hydrogen-bond donors (Lipinski definition) is 1. The second-order valence-electron chi connectivity index (χ2n) is 4.39. The Morgan fingerprint density at radius 3 is 2.35 bits per heavy atom. The van der Waals surface area contributed by atoms with E-state index in [4.69, 9.17) is 10.5 Å². The van der Waals surface area contributed by atoms with Crippen LogP contribution in [-0.4, -0.2) is 26.2 Å². The highest BCUT2D eigenvalue weighted by molar-refractivity contribution is 7.90. The van der Waals surface area contributed by atoms with E-state index in [0.717, 1.165) is 18.2 Å². The summed E-state index contributed by atoms with van der Waals surface area (Å²) in [5, 5.41) is 0. The average molecular weight is 292 g/mol. The normalized spacial score (nSPS) is 11.3. The molecule has 1 heterocycles. The first-order valence-corrected chi connectivity index (χ1v) is 8.01. The van der Waals surface area contributed by atoms with Crippen LogP contribution in [0.4, 0.5) is 0 Å². The molecule has 20 heavy (non-hydrogen) atoms. The molecule has 0 saturated carbocycles. The lowest BCUT2D eigenvalue weighted by Gasteiger charge is -2.06. The van der Waals surface area contributed by atoms with Gasteiger partial charge in [-0.15, -0.1) is 0 Å². The predicted molar refractivity (Wildman–Crippen MR) is 76.6 cm³/mol. The Hall–Kier alpha value is -1.92. The predicted octanol–water partition coefficient (Wildman–Crippen LogP) is 1.78. The number of pyridine rings is 1. The number of benzene rings is 1. The fraction of sp³-hybridized carbons (Fsp3) is 0.214. The number of aromatic nitrogens is 1. The first kappa shape index (κ1) is 14.5. The van der Waals surface area contributed by atoms with Crippen LogP contribution in [0.3, 0.4) is 0 Å². The maximum absolute atomic E-state index is 11.3. The molecule has 0 spiro atoms. The van der Waals surface area contributed by atoms with Crippen LogP contribution in [0, 0.1) is 0 Å². The molecule has 2 rings (SSSR count). The van der Waals surface area contributed by atoms with Crippen molar-refractivity contribution in [3.05, 3.63) is 48.2 Å². The highest BCUT2D eigenvalue weighted by atomic mass is 32.2. The lowest BCUT2D eigenvalue weighted by molar-refractivity contribution is 0.461. The fourth-order valence-electron chi connectivity index (χ4n) is 1.66. The van der Waals surface area contributed by atoms with Crippen molar-refractivity contribution in [2.24, 2.45) is 5.73 Å². The summed E-state index contributed by atoms with van der Waals surface area (Å²) in [6.45, 7) is 0.606. The minimum Gasteiger partial charge on any atom is -0.439 e. The standard InChI is InChI=1S/C14H16N2O3S/c1-20(17,18)13-6-7-14(16-10-13)19-12-4-2-11(3-5-12)8-9-15/h2-7,10H,8-9,15H2,1H3. The van der Waals surface area contributed by atoms with Crippen LogP contribution in [-0.2, 0) is 16.3 Å². The van der Waals surface area contributed by atoms with Gasteiger partial charge >= 0.3 is 0 Å². The Morgan fingerprint density at radius 1 is 1.15 bits per heavy atom. The van der Waals surface area contributed by atoms with E-state index in [2.05, 4.69) is 4.98 Å². The molecular weight excluding hydrogens is 276 g/mol. The summed E-state index contributed by atoms with van der Waals surface area (Å²) in [4.78, 5) is 4.15. The lowest BCUT2D eigenvalue weighted by atomic mass is 10.1. The van der Waals surface area contributed by atoms with Crippen LogP contribution in [0.5, 0.6) is 11.6 Å². The number of rotatable bonds is 5. The van der Waals surface area contributed by atoms with E-state index in [-0.39, 0.29) is 4.90 Å². The van der Waals surface area contributed by atoms with Crippen molar-refractivity contribution in [3.8, 4) is 11.6 Å². The first-order chi connectivity index (χ1) is 9.49. The summed E-state index contributed by atoms with van der Waals surface area (Å²) in [6.07, 6.45) is 3.25. The van der Waals surface area contributed by atoms with E-state index in [1.165, 1.54) is 18.3 Å². The molecule has 1 aromatic heterocycles. The van der Waals surface area contributed by atoms with Gasteiger partial charge in [-0.2, -0.15) is 0 Å². The van der Waals surface area contributed by atoms with Gasteiger partial charge in [-0.3, -0.25) is 0 Å². The fourth-order valence-corrected chi connectivity index (χ4v) is 2.22. The second-order valence-corrected chi connectivity index (χ2v) is 6.40. The van der Waals surface area contributed by atoms with Crippen molar-refractivity contribution in [1.29, 1.82) is 0 Å². The van der Waals surface area contributed by atoms with Gasteiger partial charge in [-0.1, -0.05) is 12.1 Å². The maximum atomic E-state index is 11.3. The lowest BCUT2D eigenvalue weighted by Crippen LogP contribution is -2.02. The largest absolute Gasteiger partial charge is 0.439 e. The van der Waals surface area contributed by atoms with Crippen LogP contribution in [0.2, 0.25) is 0 Å². The van der Waals surface area contributed by atoms with E-state index < -0.39 is 9.84 Å². The van der Waals surface area contributed by atoms with E-state index >= 15 is 0 Å². The van der Waals surface area contributed by atoms with Crippen LogP contribution in [0.15, 0.2) is 47.5 Å². The molecule has 0 aliphatic heterocycles. The van der Waals surface area contributed by atoms with Crippen molar-refractivity contribution in [2.45, 2.75) is 11.3 Å². The zero-order chi connectivity index (χ0) is 14.6. The van der Waals surface area contributed by atoms with Crippen molar-refractivity contribution < 1.29 is 13.2 Å². The summed E-state index contributed by atoms with van der Waals surface area (Å²) in [6, 6.07) is 10.5. The monoisotopic (exact) mass is 292 g/mol. The van der Waals surface area contributed by atoms with E-state index in [1.54, 1.807) is 0 Å². The zero-order valence-corrected chi connectivity index (χ0v) is 11.9. The minimum absolute atomic E-state index is 0.170. The molecule has 0 atom stereocenters. The van der Waals surface area contributed by atoms with E-state index in [1.807, 2.05) is 24.3 Å². The molecule has 0 aliphatic rings. The first-order valence-electron chi connectivity index (χ1n) is 6.12. The topological polar surface area (TPSA) is 82.3 Å². The molecule has 0 aliphatic carbocycles. The van der Waals surface area contributed by atoms with Crippen molar-refractivity contribution in [3.63, 3.8) is 0 Å². The number of nitrogens with zero attached hydrogens (tertiary/aromatic N) is 1. The Balaban J connectivity index is 2.10. The number of nitrogens with two attached hydrogens (primary N) is 1. The molecular formula is C14H16N2O3S. The molecule has 0 fully saturated rings. The molecule has 2 aromatic rings. The van der Waals surface area contributed by atoms with Gasteiger partial charge in [0.15, 0.2) is 9.84 Å². The van der Waals surface area contributed by atoms with Crippen molar-refractivity contribution >= 4 is 9.84 Å². The molecule has 6 heteroatoms. The van der Waals surface area contributed by atoms with Crippen LogP contribution < -0.4 is 10.5 Å². The highest BCUT2D eigenvalue weighted by Crippen LogP contribution is 2.20. The SMILES string of the molecule is CS(=O)(=O)c1ccc(Oc2ccc(CCN)cc2)nc1. The van der Waals surface area contributed by atoms with Gasteiger partial charge in [0.05, 0.1) is 4.90 Å². The number of sulfone groups is 1. The summed E-state index contributed by atoms with van der Waals surface area (Å²) >= 11 is 0. The van der Waals surface area contributed by atoms with Crippen LogP contribution in [0.1, 0.15) is 5.56 Å². The summed E-state index contributed by atoms with van der Waals surface area (Å²) < 4.78 is 28.2. The number of ether oxygens (including phenoxy) is 1. The Morgan fingerprint density at radius 2 is 1.85 bits per heavy atom.